The summed E-state index contributed by atoms with van der Waals surface area (Å²) in [5, 5.41) is 22.4. The predicted molar refractivity (Wildman–Crippen MR) is 68.3 cm³/mol. The second kappa shape index (κ2) is 5.66. The molecule has 2 rings (SSSR count). The third kappa shape index (κ3) is 3.09. The molecule has 0 bridgehead atoms. The minimum absolute atomic E-state index is 0.0214. The van der Waals surface area contributed by atoms with E-state index in [2.05, 4.69) is 10.3 Å². The summed E-state index contributed by atoms with van der Waals surface area (Å²) in [4.78, 5) is 26.2. The molecule has 2 aromatic rings. The second-order valence-corrected chi connectivity index (χ2v) is 4.72. The Morgan fingerprint density at radius 1 is 1.40 bits per heavy atom. The monoisotopic (exact) mass is 296 g/mol. The summed E-state index contributed by atoms with van der Waals surface area (Å²) in [5.41, 5.74) is -0.162. The Hall–Kier alpha value is -2.48. The molecule has 0 atom stereocenters. The van der Waals surface area contributed by atoms with E-state index in [1.54, 1.807) is 0 Å². The van der Waals surface area contributed by atoms with Crippen molar-refractivity contribution in [3.63, 3.8) is 0 Å². The van der Waals surface area contributed by atoms with E-state index in [4.69, 9.17) is 5.11 Å². The number of nitrogens with one attached hydrogen (secondary N) is 1. The lowest BCUT2D eigenvalue weighted by molar-refractivity contribution is 0.0691. The van der Waals surface area contributed by atoms with E-state index in [1.165, 1.54) is 5.38 Å². The lowest BCUT2D eigenvalue weighted by atomic mass is 10.2. The molecule has 0 saturated carbocycles. The van der Waals surface area contributed by atoms with E-state index in [0.717, 1.165) is 29.5 Å². The van der Waals surface area contributed by atoms with Crippen LogP contribution >= 0.6 is 11.3 Å². The largest absolute Gasteiger partial charge is 0.507 e. The Balaban J connectivity index is 2.02. The number of aromatic nitrogens is 1. The quantitative estimate of drug-likeness (QED) is 0.796. The van der Waals surface area contributed by atoms with Gasteiger partial charge in [0, 0.05) is 11.4 Å². The number of carboxylic acids is 1. The number of nitrogens with zero attached hydrogens (tertiary/aromatic N) is 1. The van der Waals surface area contributed by atoms with E-state index in [9.17, 15) is 19.1 Å². The number of benzene rings is 1. The first-order valence-electron chi connectivity index (χ1n) is 5.42. The van der Waals surface area contributed by atoms with Gasteiger partial charge in [-0.2, -0.15) is 0 Å². The molecule has 0 aliphatic heterocycles. The first-order chi connectivity index (χ1) is 9.47. The van der Waals surface area contributed by atoms with Crippen LogP contribution in [0.5, 0.6) is 5.75 Å². The van der Waals surface area contributed by atoms with Gasteiger partial charge in [0.15, 0.2) is 5.69 Å². The molecule has 6 nitrogen and oxygen atoms in total. The Bertz CT molecular complexity index is 671. The lowest BCUT2D eigenvalue weighted by Crippen LogP contribution is -2.22. The van der Waals surface area contributed by atoms with Gasteiger partial charge >= 0.3 is 5.97 Å². The average Bonchev–Trinajstić information content (AvgIpc) is 2.85. The molecule has 3 N–H and O–H groups in total. The molecule has 0 spiro atoms. The minimum Gasteiger partial charge on any atom is -0.507 e. The maximum atomic E-state index is 12.8. The zero-order valence-corrected chi connectivity index (χ0v) is 10.8. The van der Waals surface area contributed by atoms with Crippen molar-refractivity contribution in [3.8, 4) is 5.75 Å². The number of aromatic hydroxyl groups is 1. The van der Waals surface area contributed by atoms with Crippen LogP contribution in [-0.4, -0.2) is 27.1 Å². The molecule has 20 heavy (non-hydrogen) atoms. The molecule has 8 heteroatoms. The van der Waals surface area contributed by atoms with Gasteiger partial charge < -0.3 is 15.5 Å². The number of aromatic carboxylic acids is 1. The maximum Gasteiger partial charge on any atom is 0.355 e. The SMILES string of the molecule is O=C(O)c1csc(CNC(=O)c2ccc(F)cc2O)n1. The number of amides is 1. The van der Waals surface area contributed by atoms with E-state index in [-0.39, 0.29) is 17.8 Å². The van der Waals surface area contributed by atoms with E-state index >= 15 is 0 Å². The van der Waals surface area contributed by atoms with Gasteiger partial charge in [0.05, 0.1) is 12.1 Å². The molecule has 104 valence electrons. The van der Waals surface area contributed by atoms with Crippen LogP contribution in [0.3, 0.4) is 0 Å². The summed E-state index contributed by atoms with van der Waals surface area (Å²) < 4.78 is 12.8. The van der Waals surface area contributed by atoms with Gasteiger partial charge in [0.1, 0.15) is 16.6 Å². The number of halogens is 1. The van der Waals surface area contributed by atoms with Gasteiger partial charge in [-0.15, -0.1) is 11.3 Å². The molecule has 1 amide bonds. The van der Waals surface area contributed by atoms with Crippen molar-refractivity contribution in [1.82, 2.24) is 10.3 Å². The molecule has 1 heterocycles. The Morgan fingerprint density at radius 2 is 2.15 bits per heavy atom. The zero-order chi connectivity index (χ0) is 14.7. The number of phenolic OH excluding ortho intramolecular Hbond substituents is 1. The van der Waals surface area contributed by atoms with Crippen LogP contribution in [0.2, 0.25) is 0 Å². The second-order valence-electron chi connectivity index (χ2n) is 3.78. The van der Waals surface area contributed by atoms with Gasteiger partial charge in [-0.05, 0) is 12.1 Å². The number of carbonyl (C=O) groups excluding carboxylic acids is 1. The first-order valence-corrected chi connectivity index (χ1v) is 6.29. The molecule has 0 aliphatic carbocycles. The fourth-order valence-corrected chi connectivity index (χ4v) is 2.15. The van der Waals surface area contributed by atoms with Crippen molar-refractivity contribution in [3.05, 3.63) is 45.7 Å². The van der Waals surface area contributed by atoms with Crippen LogP contribution < -0.4 is 5.32 Å². The van der Waals surface area contributed by atoms with Crippen molar-refractivity contribution < 1.29 is 24.2 Å². The summed E-state index contributed by atoms with van der Waals surface area (Å²) in [6, 6.07) is 3.05. The third-order valence-corrected chi connectivity index (χ3v) is 3.22. The predicted octanol–water partition coefficient (Wildman–Crippen LogP) is 1.62. The molecule has 0 unspecified atom stereocenters. The standard InChI is InChI=1S/C12H9FN2O4S/c13-6-1-2-7(9(16)3-6)11(17)14-4-10-15-8(5-20-10)12(18)19/h1-3,5,16H,4H2,(H,14,17)(H,18,19). The summed E-state index contributed by atoms with van der Waals surface area (Å²) in [6.07, 6.45) is 0. The molecule has 0 saturated heterocycles. The molecule has 1 aromatic heterocycles. The van der Waals surface area contributed by atoms with Crippen LogP contribution in [0.4, 0.5) is 4.39 Å². The number of phenols is 1. The van der Waals surface area contributed by atoms with Gasteiger partial charge in [-0.3, -0.25) is 4.79 Å². The van der Waals surface area contributed by atoms with Crippen molar-refractivity contribution in [1.29, 1.82) is 0 Å². The molecular formula is C12H9FN2O4S. The molecule has 1 aromatic carbocycles. The average molecular weight is 296 g/mol. The topological polar surface area (TPSA) is 99.5 Å². The lowest BCUT2D eigenvalue weighted by Gasteiger charge is -2.05. The summed E-state index contributed by atoms with van der Waals surface area (Å²) in [7, 11) is 0. The van der Waals surface area contributed by atoms with Crippen molar-refractivity contribution in [2.45, 2.75) is 6.54 Å². The highest BCUT2D eigenvalue weighted by Gasteiger charge is 2.13. The summed E-state index contributed by atoms with van der Waals surface area (Å²) in [6.45, 7) is 0.0214. The van der Waals surface area contributed by atoms with Gasteiger partial charge in [-0.1, -0.05) is 0 Å². The summed E-state index contributed by atoms with van der Waals surface area (Å²) in [5.74, 6) is -2.86. The number of thiazole rings is 1. The van der Waals surface area contributed by atoms with Crippen LogP contribution in [0.15, 0.2) is 23.6 Å². The van der Waals surface area contributed by atoms with Crippen LogP contribution in [0.1, 0.15) is 25.9 Å². The Labute approximate surface area is 116 Å². The smallest absolute Gasteiger partial charge is 0.355 e. The number of rotatable bonds is 4. The van der Waals surface area contributed by atoms with Crippen molar-refractivity contribution in [2.24, 2.45) is 0 Å². The maximum absolute atomic E-state index is 12.8. The van der Waals surface area contributed by atoms with Crippen molar-refractivity contribution >= 4 is 23.2 Å². The van der Waals surface area contributed by atoms with Crippen LogP contribution in [0.25, 0.3) is 0 Å². The van der Waals surface area contributed by atoms with Crippen LogP contribution in [-0.2, 0) is 6.54 Å². The Morgan fingerprint density at radius 3 is 2.75 bits per heavy atom. The molecule has 0 fully saturated rings. The van der Waals surface area contributed by atoms with Crippen LogP contribution in [0, 0.1) is 5.82 Å². The normalized spacial score (nSPS) is 10.2. The van der Waals surface area contributed by atoms with E-state index in [0.29, 0.717) is 5.01 Å². The van der Waals surface area contributed by atoms with Crippen molar-refractivity contribution in [2.75, 3.05) is 0 Å². The highest BCUT2D eigenvalue weighted by molar-refractivity contribution is 7.09. The minimum atomic E-state index is -1.14. The molecule has 0 aliphatic rings. The zero-order valence-electron chi connectivity index (χ0n) is 9.96. The fraction of sp³-hybridized carbons (Fsp3) is 0.0833. The number of carbonyl (C=O) groups is 2. The van der Waals surface area contributed by atoms with Gasteiger partial charge in [0.25, 0.3) is 5.91 Å². The molecular weight excluding hydrogens is 287 g/mol. The first kappa shape index (κ1) is 13.9. The van der Waals surface area contributed by atoms with Gasteiger partial charge in [-0.25, -0.2) is 14.2 Å². The van der Waals surface area contributed by atoms with E-state index < -0.39 is 23.4 Å². The fourth-order valence-electron chi connectivity index (χ4n) is 1.44. The molecule has 0 radical (unpaired) electrons. The Kier molecular flexibility index (Phi) is 3.94. The number of hydrogen-bond acceptors (Lipinski definition) is 5. The highest BCUT2D eigenvalue weighted by atomic mass is 32.1. The third-order valence-electron chi connectivity index (χ3n) is 2.38. The number of carboxylic acid groups (broad SMARTS) is 1. The van der Waals surface area contributed by atoms with E-state index in [1.807, 2.05) is 0 Å². The highest BCUT2D eigenvalue weighted by Crippen LogP contribution is 2.18. The number of hydrogen-bond donors (Lipinski definition) is 3. The summed E-state index contributed by atoms with van der Waals surface area (Å²) >= 11 is 1.09. The van der Waals surface area contributed by atoms with Gasteiger partial charge in [0.2, 0.25) is 0 Å².